The highest BCUT2D eigenvalue weighted by Gasteiger charge is 2.11. The van der Waals surface area contributed by atoms with Crippen LogP contribution in [-0.2, 0) is 0 Å². The third kappa shape index (κ3) is 4.27. The maximum atomic E-state index is 13.2. The number of hydrogen-bond donors (Lipinski definition) is 1. The first-order chi connectivity index (χ1) is 8.41. The summed E-state index contributed by atoms with van der Waals surface area (Å²) in [5, 5.41) is 0. The molecule has 0 unspecified atom stereocenters. The van der Waals surface area contributed by atoms with E-state index in [-0.39, 0.29) is 11.9 Å². The lowest BCUT2D eigenvalue weighted by atomic mass is 10.1. The lowest BCUT2D eigenvalue weighted by Crippen LogP contribution is -2.25. The van der Waals surface area contributed by atoms with E-state index in [0.29, 0.717) is 0 Å². The van der Waals surface area contributed by atoms with Crippen LogP contribution in [0.4, 0.5) is 10.1 Å². The summed E-state index contributed by atoms with van der Waals surface area (Å²) < 4.78 is 13.2. The van der Waals surface area contributed by atoms with Gasteiger partial charge < -0.3 is 15.5 Å². The number of anilines is 1. The fraction of sp³-hybridized carbons (Fsp3) is 0.571. The molecule has 2 N–H and O–H groups in total. The van der Waals surface area contributed by atoms with Crippen LogP contribution in [0, 0.1) is 5.82 Å². The van der Waals surface area contributed by atoms with Crippen LogP contribution in [0.5, 0.6) is 0 Å². The molecule has 4 heteroatoms. The smallest absolute Gasteiger partial charge is 0.123 e. The number of benzene rings is 1. The van der Waals surface area contributed by atoms with E-state index in [1.807, 2.05) is 20.0 Å². The second-order valence-electron chi connectivity index (χ2n) is 5.07. The number of hydrogen-bond acceptors (Lipinski definition) is 3. The molecule has 0 fully saturated rings. The minimum absolute atomic E-state index is 0.160. The van der Waals surface area contributed by atoms with Crippen LogP contribution in [0.15, 0.2) is 18.2 Å². The molecule has 0 saturated heterocycles. The van der Waals surface area contributed by atoms with Gasteiger partial charge in [-0.25, -0.2) is 4.39 Å². The van der Waals surface area contributed by atoms with E-state index >= 15 is 0 Å². The van der Waals surface area contributed by atoms with E-state index in [1.54, 1.807) is 0 Å². The first-order valence-corrected chi connectivity index (χ1v) is 6.32. The Bertz CT molecular complexity index is 377. The fourth-order valence-electron chi connectivity index (χ4n) is 1.98. The van der Waals surface area contributed by atoms with Crippen LogP contribution >= 0.6 is 0 Å². The Labute approximate surface area is 109 Å². The number of nitrogens with zero attached hydrogens (tertiary/aromatic N) is 2. The Morgan fingerprint density at radius 1 is 1.22 bits per heavy atom. The molecule has 0 radical (unpaired) electrons. The van der Waals surface area contributed by atoms with Crippen molar-refractivity contribution in [2.24, 2.45) is 5.73 Å². The minimum Gasteiger partial charge on any atom is -0.374 e. The molecule has 1 aromatic carbocycles. The van der Waals surface area contributed by atoms with Crippen molar-refractivity contribution in [3.63, 3.8) is 0 Å². The van der Waals surface area contributed by atoms with E-state index in [4.69, 9.17) is 5.73 Å². The maximum absolute atomic E-state index is 13.2. The van der Waals surface area contributed by atoms with Gasteiger partial charge in [0.05, 0.1) is 0 Å². The lowest BCUT2D eigenvalue weighted by Gasteiger charge is -2.24. The minimum atomic E-state index is -0.229. The van der Waals surface area contributed by atoms with Gasteiger partial charge in [0.25, 0.3) is 0 Å². The Morgan fingerprint density at radius 2 is 1.89 bits per heavy atom. The van der Waals surface area contributed by atoms with E-state index in [2.05, 4.69) is 23.9 Å². The normalized spacial score (nSPS) is 12.8. The zero-order valence-corrected chi connectivity index (χ0v) is 11.8. The standard InChI is InChI=1S/C14H24FN3/c1-11(16)13-10-12(15)6-7-14(13)18(4)9-5-8-17(2)3/h6-7,10-11H,5,8-9,16H2,1-4H3/t11-/m0/s1. The highest BCUT2D eigenvalue weighted by molar-refractivity contribution is 5.54. The van der Waals surface area contributed by atoms with Gasteiger partial charge in [0.2, 0.25) is 0 Å². The monoisotopic (exact) mass is 253 g/mol. The Morgan fingerprint density at radius 3 is 2.44 bits per heavy atom. The van der Waals surface area contributed by atoms with Gasteiger partial charge in [-0.3, -0.25) is 0 Å². The van der Waals surface area contributed by atoms with Gasteiger partial charge in [-0.05, 0) is 57.7 Å². The van der Waals surface area contributed by atoms with Crippen molar-refractivity contribution in [1.82, 2.24) is 4.90 Å². The van der Waals surface area contributed by atoms with Crippen molar-refractivity contribution in [1.29, 1.82) is 0 Å². The van der Waals surface area contributed by atoms with E-state index in [9.17, 15) is 4.39 Å². The van der Waals surface area contributed by atoms with E-state index in [1.165, 1.54) is 12.1 Å². The molecular formula is C14H24FN3. The van der Waals surface area contributed by atoms with Crippen molar-refractivity contribution in [2.45, 2.75) is 19.4 Å². The summed E-state index contributed by atoms with van der Waals surface area (Å²) in [7, 11) is 6.14. The summed E-state index contributed by atoms with van der Waals surface area (Å²) in [5.41, 5.74) is 7.78. The molecule has 1 atom stereocenters. The molecule has 0 heterocycles. The topological polar surface area (TPSA) is 32.5 Å². The van der Waals surface area contributed by atoms with Crippen molar-refractivity contribution in [2.75, 3.05) is 39.1 Å². The van der Waals surface area contributed by atoms with Crippen molar-refractivity contribution >= 4 is 5.69 Å². The average Bonchev–Trinajstić information content (AvgIpc) is 2.28. The highest BCUT2D eigenvalue weighted by atomic mass is 19.1. The predicted octanol–water partition coefficient (Wildman–Crippen LogP) is 2.23. The Kier molecular flexibility index (Phi) is 5.56. The molecule has 1 aromatic rings. The van der Waals surface area contributed by atoms with Crippen LogP contribution < -0.4 is 10.6 Å². The summed E-state index contributed by atoms with van der Waals surface area (Å²) in [4.78, 5) is 4.30. The molecule has 0 aliphatic carbocycles. The number of nitrogens with two attached hydrogens (primary N) is 1. The third-order valence-electron chi connectivity index (χ3n) is 2.99. The molecule has 0 aliphatic rings. The van der Waals surface area contributed by atoms with Crippen LogP contribution in [0.3, 0.4) is 0 Å². The zero-order chi connectivity index (χ0) is 13.7. The Balaban J connectivity index is 2.75. The van der Waals surface area contributed by atoms with Crippen LogP contribution in [-0.4, -0.2) is 39.1 Å². The summed E-state index contributed by atoms with van der Waals surface area (Å²) >= 11 is 0. The van der Waals surface area contributed by atoms with Gasteiger partial charge in [-0.15, -0.1) is 0 Å². The van der Waals surface area contributed by atoms with Crippen LogP contribution in [0.25, 0.3) is 0 Å². The van der Waals surface area contributed by atoms with E-state index in [0.717, 1.165) is 30.8 Å². The van der Waals surface area contributed by atoms with Crippen molar-refractivity contribution in [3.8, 4) is 0 Å². The highest BCUT2D eigenvalue weighted by Crippen LogP contribution is 2.25. The molecular weight excluding hydrogens is 229 g/mol. The number of halogens is 1. The van der Waals surface area contributed by atoms with Gasteiger partial charge in [0.1, 0.15) is 5.82 Å². The summed E-state index contributed by atoms with van der Waals surface area (Å²) in [6, 6.07) is 4.67. The average molecular weight is 253 g/mol. The third-order valence-corrected chi connectivity index (χ3v) is 2.99. The predicted molar refractivity (Wildman–Crippen MR) is 75.4 cm³/mol. The second-order valence-corrected chi connectivity index (χ2v) is 5.07. The van der Waals surface area contributed by atoms with Crippen LogP contribution in [0.2, 0.25) is 0 Å². The molecule has 0 amide bonds. The maximum Gasteiger partial charge on any atom is 0.123 e. The van der Waals surface area contributed by atoms with Gasteiger partial charge in [-0.1, -0.05) is 0 Å². The summed E-state index contributed by atoms with van der Waals surface area (Å²) in [5.74, 6) is -0.229. The summed E-state index contributed by atoms with van der Waals surface area (Å²) in [6.07, 6.45) is 1.07. The van der Waals surface area contributed by atoms with Crippen molar-refractivity contribution < 1.29 is 4.39 Å². The largest absolute Gasteiger partial charge is 0.374 e. The molecule has 18 heavy (non-hydrogen) atoms. The molecule has 0 aliphatic heterocycles. The summed E-state index contributed by atoms with van der Waals surface area (Å²) in [6.45, 7) is 3.86. The van der Waals surface area contributed by atoms with Gasteiger partial charge in [0.15, 0.2) is 0 Å². The molecule has 0 aromatic heterocycles. The molecule has 3 nitrogen and oxygen atoms in total. The van der Waals surface area contributed by atoms with Crippen LogP contribution in [0.1, 0.15) is 24.9 Å². The molecule has 1 rings (SSSR count). The van der Waals surface area contributed by atoms with Gasteiger partial charge in [-0.2, -0.15) is 0 Å². The second kappa shape index (κ2) is 6.71. The van der Waals surface area contributed by atoms with Crippen molar-refractivity contribution in [3.05, 3.63) is 29.6 Å². The molecule has 102 valence electrons. The first-order valence-electron chi connectivity index (χ1n) is 6.32. The quantitative estimate of drug-likeness (QED) is 0.844. The van der Waals surface area contributed by atoms with E-state index < -0.39 is 0 Å². The molecule has 0 spiro atoms. The number of rotatable bonds is 6. The Hall–Kier alpha value is -1.13. The van der Waals surface area contributed by atoms with Gasteiger partial charge >= 0.3 is 0 Å². The molecule has 0 saturated carbocycles. The lowest BCUT2D eigenvalue weighted by molar-refractivity contribution is 0.401. The molecule has 0 bridgehead atoms. The first kappa shape index (κ1) is 14.9. The zero-order valence-electron chi connectivity index (χ0n) is 11.8. The van der Waals surface area contributed by atoms with Gasteiger partial charge in [0, 0.05) is 25.3 Å². The fourth-order valence-corrected chi connectivity index (χ4v) is 1.98. The SMILES string of the molecule is C[C@H](N)c1cc(F)ccc1N(C)CCCN(C)C.